The Balaban J connectivity index is 1.99. The second-order valence-corrected chi connectivity index (χ2v) is 8.40. The normalized spacial score (nSPS) is 12.8. The van der Waals surface area contributed by atoms with Gasteiger partial charge in [-0.2, -0.15) is 0 Å². The van der Waals surface area contributed by atoms with Gasteiger partial charge in [-0.15, -0.1) is 11.8 Å². The summed E-state index contributed by atoms with van der Waals surface area (Å²) in [5.41, 5.74) is 1.17. The standard InChI is InChI=1S/C24H32N2O2S/c1-4-19(2)25-24(28)20(3)26(17-15-21-11-7-5-8-12-21)23(27)16-18-29-22-13-9-6-10-14-22/h5-14,19-20H,4,15-18H2,1-3H3,(H,25,28)/t19-,20+/m0/s1. The smallest absolute Gasteiger partial charge is 0.242 e. The molecule has 0 spiro atoms. The zero-order valence-corrected chi connectivity index (χ0v) is 18.5. The van der Waals surface area contributed by atoms with Crippen molar-refractivity contribution in [2.45, 2.75) is 57.0 Å². The lowest BCUT2D eigenvalue weighted by atomic mass is 10.1. The Morgan fingerprint density at radius 3 is 2.24 bits per heavy atom. The average molecular weight is 413 g/mol. The van der Waals surface area contributed by atoms with E-state index in [1.807, 2.05) is 69.3 Å². The molecule has 2 aromatic carbocycles. The van der Waals surface area contributed by atoms with Gasteiger partial charge in [0.25, 0.3) is 0 Å². The van der Waals surface area contributed by atoms with Crippen molar-refractivity contribution in [3.63, 3.8) is 0 Å². The first-order chi connectivity index (χ1) is 14.0. The third kappa shape index (κ3) is 7.94. The number of rotatable bonds is 11. The largest absolute Gasteiger partial charge is 0.352 e. The second kappa shape index (κ2) is 12.3. The predicted octanol–water partition coefficient (Wildman–Crippen LogP) is 4.54. The highest BCUT2D eigenvalue weighted by atomic mass is 32.2. The predicted molar refractivity (Wildman–Crippen MR) is 121 cm³/mol. The molecule has 1 N–H and O–H groups in total. The van der Waals surface area contributed by atoms with Crippen LogP contribution in [0.4, 0.5) is 0 Å². The molecule has 2 rings (SSSR count). The molecule has 0 aliphatic heterocycles. The molecule has 0 radical (unpaired) electrons. The van der Waals surface area contributed by atoms with Gasteiger partial charge in [0.2, 0.25) is 11.8 Å². The number of carbonyl (C=O) groups is 2. The number of carbonyl (C=O) groups excluding carboxylic acids is 2. The van der Waals surface area contributed by atoms with Gasteiger partial charge >= 0.3 is 0 Å². The van der Waals surface area contributed by atoms with E-state index in [0.717, 1.165) is 17.7 Å². The number of amides is 2. The highest BCUT2D eigenvalue weighted by molar-refractivity contribution is 7.99. The molecule has 0 aliphatic rings. The number of hydrogen-bond acceptors (Lipinski definition) is 3. The fourth-order valence-electron chi connectivity index (χ4n) is 2.95. The van der Waals surface area contributed by atoms with Crippen molar-refractivity contribution in [1.29, 1.82) is 0 Å². The number of thioether (sulfide) groups is 1. The minimum absolute atomic E-state index is 0.0242. The molecule has 156 valence electrons. The van der Waals surface area contributed by atoms with Crippen LogP contribution in [0.3, 0.4) is 0 Å². The summed E-state index contributed by atoms with van der Waals surface area (Å²) in [6, 6.07) is 19.8. The minimum atomic E-state index is -0.484. The summed E-state index contributed by atoms with van der Waals surface area (Å²) in [5.74, 6) is 0.636. The number of hydrogen-bond donors (Lipinski definition) is 1. The van der Waals surface area contributed by atoms with Crippen LogP contribution in [0.25, 0.3) is 0 Å². The maximum atomic E-state index is 13.0. The minimum Gasteiger partial charge on any atom is -0.352 e. The Morgan fingerprint density at radius 2 is 1.62 bits per heavy atom. The van der Waals surface area contributed by atoms with Gasteiger partial charge in [-0.3, -0.25) is 9.59 Å². The van der Waals surface area contributed by atoms with Crippen LogP contribution in [-0.2, 0) is 16.0 Å². The zero-order chi connectivity index (χ0) is 21.1. The summed E-state index contributed by atoms with van der Waals surface area (Å²) in [6.07, 6.45) is 2.01. The van der Waals surface area contributed by atoms with Crippen molar-refractivity contribution in [1.82, 2.24) is 10.2 Å². The lowest BCUT2D eigenvalue weighted by Gasteiger charge is -2.29. The molecule has 0 aromatic heterocycles. The summed E-state index contributed by atoms with van der Waals surface area (Å²) >= 11 is 1.67. The number of benzene rings is 2. The Morgan fingerprint density at radius 1 is 1.00 bits per heavy atom. The van der Waals surface area contributed by atoms with Crippen LogP contribution in [0.5, 0.6) is 0 Å². The van der Waals surface area contributed by atoms with Crippen LogP contribution in [0, 0.1) is 0 Å². The molecule has 2 atom stereocenters. The lowest BCUT2D eigenvalue weighted by molar-refractivity contribution is -0.139. The third-order valence-electron chi connectivity index (χ3n) is 4.98. The molecule has 0 aliphatic carbocycles. The second-order valence-electron chi connectivity index (χ2n) is 7.23. The van der Waals surface area contributed by atoms with Crippen molar-refractivity contribution >= 4 is 23.6 Å². The van der Waals surface area contributed by atoms with Gasteiger partial charge in [0, 0.05) is 29.7 Å². The molecular weight excluding hydrogens is 380 g/mol. The van der Waals surface area contributed by atoms with Crippen LogP contribution in [0.2, 0.25) is 0 Å². The first-order valence-electron chi connectivity index (χ1n) is 10.3. The van der Waals surface area contributed by atoms with E-state index in [1.165, 1.54) is 5.56 Å². The molecule has 0 saturated carbocycles. The Kier molecular flexibility index (Phi) is 9.78. The summed E-state index contributed by atoms with van der Waals surface area (Å²) in [5, 5.41) is 3.01. The molecule has 2 amide bonds. The molecule has 0 bridgehead atoms. The highest BCUT2D eigenvalue weighted by Crippen LogP contribution is 2.19. The van der Waals surface area contributed by atoms with Crippen LogP contribution < -0.4 is 5.32 Å². The van der Waals surface area contributed by atoms with Gasteiger partial charge in [0.05, 0.1) is 0 Å². The molecule has 2 aromatic rings. The fourth-order valence-corrected chi connectivity index (χ4v) is 3.81. The van der Waals surface area contributed by atoms with E-state index in [0.29, 0.717) is 18.7 Å². The van der Waals surface area contributed by atoms with E-state index in [-0.39, 0.29) is 17.9 Å². The third-order valence-corrected chi connectivity index (χ3v) is 5.99. The molecule has 29 heavy (non-hydrogen) atoms. The van der Waals surface area contributed by atoms with E-state index in [1.54, 1.807) is 16.7 Å². The van der Waals surface area contributed by atoms with Gasteiger partial charge in [0.1, 0.15) is 6.04 Å². The Hall–Kier alpha value is -2.27. The van der Waals surface area contributed by atoms with Gasteiger partial charge in [-0.05, 0) is 44.4 Å². The lowest BCUT2D eigenvalue weighted by Crippen LogP contribution is -2.50. The van der Waals surface area contributed by atoms with Crippen LogP contribution in [0.1, 0.15) is 39.2 Å². The quantitative estimate of drug-likeness (QED) is 0.551. The van der Waals surface area contributed by atoms with Gasteiger partial charge in [-0.1, -0.05) is 55.5 Å². The van der Waals surface area contributed by atoms with Crippen LogP contribution in [0.15, 0.2) is 65.6 Å². The number of nitrogens with one attached hydrogen (secondary N) is 1. The summed E-state index contributed by atoms with van der Waals surface area (Å²) in [4.78, 5) is 28.5. The van der Waals surface area contributed by atoms with Crippen molar-refractivity contribution < 1.29 is 9.59 Å². The van der Waals surface area contributed by atoms with Gasteiger partial charge in [-0.25, -0.2) is 0 Å². The number of nitrogens with zero attached hydrogens (tertiary/aromatic N) is 1. The van der Waals surface area contributed by atoms with Crippen molar-refractivity contribution in [3.8, 4) is 0 Å². The summed E-state index contributed by atoms with van der Waals surface area (Å²) < 4.78 is 0. The zero-order valence-electron chi connectivity index (χ0n) is 17.6. The van der Waals surface area contributed by atoms with Crippen molar-refractivity contribution in [2.24, 2.45) is 0 Å². The first kappa shape index (κ1) is 23.0. The Labute approximate surface area is 179 Å². The van der Waals surface area contributed by atoms with E-state index in [4.69, 9.17) is 0 Å². The Bertz CT molecular complexity index is 752. The molecule has 0 fully saturated rings. The first-order valence-corrected chi connectivity index (χ1v) is 11.3. The van der Waals surface area contributed by atoms with Crippen LogP contribution in [-0.4, -0.2) is 41.1 Å². The topological polar surface area (TPSA) is 49.4 Å². The molecule has 0 saturated heterocycles. The van der Waals surface area contributed by atoms with E-state index < -0.39 is 6.04 Å². The molecule has 0 heterocycles. The highest BCUT2D eigenvalue weighted by Gasteiger charge is 2.26. The van der Waals surface area contributed by atoms with Gasteiger partial charge < -0.3 is 10.2 Å². The van der Waals surface area contributed by atoms with Crippen LogP contribution >= 0.6 is 11.8 Å². The molecular formula is C24H32N2O2S. The SMILES string of the molecule is CC[C@H](C)NC(=O)[C@@H](C)N(CCc1ccccc1)C(=O)CCSc1ccccc1. The van der Waals surface area contributed by atoms with Crippen molar-refractivity contribution in [2.75, 3.05) is 12.3 Å². The monoisotopic (exact) mass is 412 g/mol. The average Bonchev–Trinajstić information content (AvgIpc) is 2.75. The van der Waals surface area contributed by atoms with E-state index >= 15 is 0 Å². The summed E-state index contributed by atoms with van der Waals surface area (Å²) in [7, 11) is 0. The van der Waals surface area contributed by atoms with Crippen molar-refractivity contribution in [3.05, 3.63) is 66.2 Å². The maximum Gasteiger partial charge on any atom is 0.242 e. The van der Waals surface area contributed by atoms with E-state index in [2.05, 4.69) is 17.4 Å². The summed E-state index contributed by atoms with van der Waals surface area (Å²) in [6.45, 7) is 6.38. The molecule has 0 unspecified atom stereocenters. The fraction of sp³-hybridized carbons (Fsp3) is 0.417. The molecule has 5 heteroatoms. The molecule has 4 nitrogen and oxygen atoms in total. The maximum absolute atomic E-state index is 13.0. The van der Waals surface area contributed by atoms with Gasteiger partial charge in [0.15, 0.2) is 0 Å². The van der Waals surface area contributed by atoms with E-state index in [9.17, 15) is 9.59 Å².